The van der Waals surface area contributed by atoms with Gasteiger partial charge in [-0.3, -0.25) is 0 Å². The van der Waals surface area contributed by atoms with E-state index in [0.29, 0.717) is 0 Å². The molecule has 1 heteroatoms. The summed E-state index contributed by atoms with van der Waals surface area (Å²) in [7, 11) is 0. The summed E-state index contributed by atoms with van der Waals surface area (Å²) in [5.41, 5.74) is 0. The lowest BCUT2D eigenvalue weighted by Gasteiger charge is -2.38. The van der Waals surface area contributed by atoms with Crippen molar-refractivity contribution < 1.29 is 0 Å². The Morgan fingerprint density at radius 2 is 2.50 bits per heavy atom. The summed E-state index contributed by atoms with van der Waals surface area (Å²) < 4.78 is 0. The lowest BCUT2D eigenvalue weighted by molar-refractivity contribution is 0.253. The predicted molar refractivity (Wildman–Crippen MR) is 33.7 cm³/mol. The first-order chi connectivity index (χ1) is 3.97. The zero-order chi connectivity index (χ0) is 5.40. The molecule has 8 heavy (non-hydrogen) atoms. The first kappa shape index (κ1) is 4.57. The highest BCUT2D eigenvalue weighted by Gasteiger charge is 2.28. The van der Waals surface area contributed by atoms with Crippen LogP contribution in [-0.2, 0) is 0 Å². The van der Waals surface area contributed by atoms with Crippen LogP contribution in [0, 0.1) is 5.92 Å². The van der Waals surface area contributed by atoms with Crippen LogP contribution in [0.5, 0.6) is 0 Å². The van der Waals surface area contributed by atoms with Gasteiger partial charge in [0.05, 0.1) is 0 Å². The second kappa shape index (κ2) is 1.59. The van der Waals surface area contributed by atoms with Crippen molar-refractivity contribution in [2.75, 3.05) is 6.54 Å². The van der Waals surface area contributed by atoms with E-state index in [4.69, 9.17) is 0 Å². The van der Waals surface area contributed by atoms with Crippen LogP contribution in [0.15, 0.2) is 12.2 Å². The van der Waals surface area contributed by atoms with Gasteiger partial charge in [-0.05, 0) is 18.8 Å². The number of fused-ring (bicyclic) bond motifs is 1. The highest BCUT2D eigenvalue weighted by Crippen LogP contribution is 2.24. The van der Waals surface area contributed by atoms with Crippen molar-refractivity contribution in [1.82, 2.24) is 5.32 Å². The maximum atomic E-state index is 3.36. The van der Waals surface area contributed by atoms with Crippen molar-refractivity contribution in [3.05, 3.63) is 12.2 Å². The van der Waals surface area contributed by atoms with E-state index in [0.717, 1.165) is 12.0 Å². The summed E-state index contributed by atoms with van der Waals surface area (Å²) in [4.78, 5) is 0. The number of rotatable bonds is 0. The molecule has 0 radical (unpaired) electrons. The van der Waals surface area contributed by atoms with E-state index in [1.807, 2.05) is 0 Å². The second-order valence-electron chi connectivity index (χ2n) is 2.70. The summed E-state index contributed by atoms with van der Waals surface area (Å²) in [6.07, 6.45) is 7.31. The Balaban J connectivity index is 2.08. The molecule has 1 N–H and O–H groups in total. The van der Waals surface area contributed by atoms with Gasteiger partial charge in [-0.1, -0.05) is 12.2 Å². The fourth-order valence-electron chi connectivity index (χ4n) is 1.48. The van der Waals surface area contributed by atoms with Gasteiger partial charge in [0.1, 0.15) is 0 Å². The smallest absolute Gasteiger partial charge is 0.0290 e. The molecule has 2 atom stereocenters. The van der Waals surface area contributed by atoms with E-state index in [1.165, 1.54) is 19.4 Å². The molecule has 0 spiro atoms. The molecule has 0 unspecified atom stereocenters. The Labute approximate surface area is 49.8 Å². The third kappa shape index (κ3) is 0.511. The van der Waals surface area contributed by atoms with Gasteiger partial charge in [0.2, 0.25) is 0 Å². The van der Waals surface area contributed by atoms with Crippen LogP contribution in [0.1, 0.15) is 12.8 Å². The molecule has 0 amide bonds. The Bertz CT molecular complexity index is 118. The van der Waals surface area contributed by atoms with Crippen molar-refractivity contribution in [2.45, 2.75) is 18.9 Å². The summed E-state index contributed by atoms with van der Waals surface area (Å²) in [5.74, 6) is 0.986. The quantitative estimate of drug-likeness (QED) is 0.456. The molecule has 1 nitrogen and oxygen atoms in total. The Morgan fingerprint density at radius 1 is 1.50 bits per heavy atom. The number of hydrogen-bond donors (Lipinski definition) is 1. The van der Waals surface area contributed by atoms with Gasteiger partial charge in [-0.2, -0.15) is 0 Å². The van der Waals surface area contributed by atoms with E-state index >= 15 is 0 Å². The molecular formula is C7H11N. The molecule has 1 saturated heterocycles. The molecule has 0 saturated carbocycles. The minimum atomic E-state index is 0.753. The Morgan fingerprint density at radius 3 is 2.88 bits per heavy atom. The summed E-state index contributed by atoms with van der Waals surface area (Å²) in [6, 6.07) is 0.753. The highest BCUT2D eigenvalue weighted by atomic mass is 15.0. The van der Waals surface area contributed by atoms with E-state index in [9.17, 15) is 0 Å². The molecule has 0 aromatic rings. The maximum absolute atomic E-state index is 3.36. The highest BCUT2D eigenvalue weighted by molar-refractivity contribution is 5.07. The second-order valence-corrected chi connectivity index (χ2v) is 2.70. The average molecular weight is 109 g/mol. The third-order valence-corrected chi connectivity index (χ3v) is 2.17. The maximum Gasteiger partial charge on any atom is 0.0290 e. The number of nitrogens with one attached hydrogen (secondary N) is 1. The van der Waals surface area contributed by atoms with Crippen LogP contribution in [-0.4, -0.2) is 12.6 Å². The molecule has 2 aliphatic rings. The van der Waals surface area contributed by atoms with Crippen molar-refractivity contribution >= 4 is 0 Å². The molecule has 1 aliphatic carbocycles. The van der Waals surface area contributed by atoms with Gasteiger partial charge in [-0.15, -0.1) is 0 Å². The van der Waals surface area contributed by atoms with E-state index in [-0.39, 0.29) is 0 Å². The van der Waals surface area contributed by atoms with Crippen molar-refractivity contribution in [1.29, 1.82) is 0 Å². The van der Waals surface area contributed by atoms with Crippen LogP contribution < -0.4 is 5.32 Å². The van der Waals surface area contributed by atoms with Crippen LogP contribution in [0.4, 0.5) is 0 Å². The SMILES string of the molecule is C1=C[C@H]2NC[C@H]2CC1. The summed E-state index contributed by atoms with van der Waals surface area (Å²) in [5, 5.41) is 3.36. The monoisotopic (exact) mass is 109 g/mol. The largest absolute Gasteiger partial charge is 0.310 e. The predicted octanol–water partition coefficient (Wildman–Crippen LogP) is 0.924. The molecule has 0 aromatic carbocycles. The lowest BCUT2D eigenvalue weighted by Crippen LogP contribution is -2.52. The molecular weight excluding hydrogens is 98.1 g/mol. The Hall–Kier alpha value is -0.300. The normalized spacial score (nSPS) is 43.0. The fraction of sp³-hybridized carbons (Fsp3) is 0.714. The average Bonchev–Trinajstić information content (AvgIpc) is 1.72. The van der Waals surface area contributed by atoms with Crippen LogP contribution in [0.25, 0.3) is 0 Å². The standard InChI is InChI=1S/C7H11N/c1-2-4-7-6(3-1)5-8-7/h2,4,6-8H,1,3,5H2/t6-,7-/m1/s1. The van der Waals surface area contributed by atoms with E-state index in [1.54, 1.807) is 0 Å². The van der Waals surface area contributed by atoms with Gasteiger partial charge in [-0.25, -0.2) is 0 Å². The van der Waals surface area contributed by atoms with Crippen molar-refractivity contribution in [2.24, 2.45) is 5.92 Å². The molecule has 44 valence electrons. The zero-order valence-corrected chi connectivity index (χ0v) is 4.93. The summed E-state index contributed by atoms with van der Waals surface area (Å²) >= 11 is 0. The van der Waals surface area contributed by atoms with Crippen molar-refractivity contribution in [3.8, 4) is 0 Å². The van der Waals surface area contributed by atoms with E-state index in [2.05, 4.69) is 17.5 Å². The number of hydrogen-bond acceptors (Lipinski definition) is 1. The minimum Gasteiger partial charge on any atom is -0.310 e. The van der Waals surface area contributed by atoms with Gasteiger partial charge in [0.25, 0.3) is 0 Å². The van der Waals surface area contributed by atoms with Gasteiger partial charge in [0, 0.05) is 12.6 Å². The van der Waals surface area contributed by atoms with Gasteiger partial charge < -0.3 is 5.32 Å². The Kier molecular flexibility index (Phi) is 0.908. The molecule has 2 rings (SSSR count). The first-order valence-electron chi connectivity index (χ1n) is 3.37. The molecule has 1 fully saturated rings. The fourth-order valence-corrected chi connectivity index (χ4v) is 1.48. The van der Waals surface area contributed by atoms with Crippen LogP contribution in [0.2, 0.25) is 0 Å². The number of allylic oxidation sites excluding steroid dienone is 1. The third-order valence-electron chi connectivity index (χ3n) is 2.17. The molecule has 0 aromatic heterocycles. The lowest BCUT2D eigenvalue weighted by atomic mass is 9.83. The van der Waals surface area contributed by atoms with Gasteiger partial charge >= 0.3 is 0 Å². The van der Waals surface area contributed by atoms with Crippen molar-refractivity contribution in [3.63, 3.8) is 0 Å². The summed E-state index contributed by atoms with van der Waals surface area (Å²) in [6.45, 7) is 1.26. The van der Waals surface area contributed by atoms with Crippen LogP contribution in [0.3, 0.4) is 0 Å². The van der Waals surface area contributed by atoms with Crippen LogP contribution >= 0.6 is 0 Å². The molecule has 1 aliphatic heterocycles. The van der Waals surface area contributed by atoms with Gasteiger partial charge in [0.15, 0.2) is 0 Å². The molecule has 1 heterocycles. The zero-order valence-electron chi connectivity index (χ0n) is 4.93. The topological polar surface area (TPSA) is 12.0 Å². The first-order valence-corrected chi connectivity index (χ1v) is 3.37. The minimum absolute atomic E-state index is 0.753. The van der Waals surface area contributed by atoms with E-state index < -0.39 is 0 Å². The molecule has 0 bridgehead atoms.